The second kappa shape index (κ2) is 6.70. The van der Waals surface area contributed by atoms with Crippen LogP contribution >= 0.6 is 0 Å². The first-order valence-corrected chi connectivity index (χ1v) is 5.67. The van der Waals surface area contributed by atoms with E-state index in [0.29, 0.717) is 6.54 Å². The molecule has 0 spiro atoms. The quantitative estimate of drug-likeness (QED) is 0.680. The lowest BCUT2D eigenvalue weighted by Gasteiger charge is -2.08. The number of nitrogens with zero attached hydrogens (tertiary/aromatic N) is 1. The zero-order valence-corrected chi connectivity index (χ0v) is 10.4. The summed E-state index contributed by atoms with van der Waals surface area (Å²) in [5, 5.41) is 14.4. The van der Waals surface area contributed by atoms with Crippen molar-refractivity contribution in [2.45, 2.75) is 26.4 Å². The van der Waals surface area contributed by atoms with Crippen molar-refractivity contribution in [3.8, 4) is 0 Å². The summed E-state index contributed by atoms with van der Waals surface area (Å²) in [6.45, 7) is 4.52. The van der Waals surface area contributed by atoms with E-state index in [0.717, 1.165) is 5.56 Å². The molecule has 0 bridgehead atoms. The fourth-order valence-corrected chi connectivity index (χ4v) is 1.22. The number of carbonyl (C=O) groups excluding carboxylic acids is 1. The number of carbonyl (C=O) groups is 2. The second-order valence-corrected chi connectivity index (χ2v) is 4.17. The van der Waals surface area contributed by atoms with Crippen molar-refractivity contribution in [3.05, 3.63) is 29.6 Å². The van der Waals surface area contributed by atoms with E-state index in [-0.39, 0.29) is 24.2 Å². The van der Waals surface area contributed by atoms with Gasteiger partial charge >= 0.3 is 5.97 Å². The van der Waals surface area contributed by atoms with Crippen LogP contribution in [0.3, 0.4) is 0 Å². The van der Waals surface area contributed by atoms with Crippen LogP contribution < -0.4 is 10.6 Å². The molecule has 0 radical (unpaired) electrons. The highest BCUT2D eigenvalue weighted by atomic mass is 16.4. The van der Waals surface area contributed by atoms with Crippen LogP contribution in [0.25, 0.3) is 0 Å². The molecule has 0 fully saturated rings. The summed E-state index contributed by atoms with van der Waals surface area (Å²) in [6.07, 6.45) is 1.44. The molecule has 1 aromatic heterocycles. The molecule has 1 rings (SSSR count). The van der Waals surface area contributed by atoms with Gasteiger partial charge in [0.25, 0.3) is 0 Å². The van der Waals surface area contributed by atoms with Gasteiger partial charge in [-0.25, -0.2) is 9.78 Å². The van der Waals surface area contributed by atoms with Gasteiger partial charge in [-0.05, 0) is 11.6 Å². The molecule has 0 aliphatic carbocycles. The van der Waals surface area contributed by atoms with Gasteiger partial charge < -0.3 is 15.7 Å². The summed E-state index contributed by atoms with van der Waals surface area (Å²) >= 11 is 0. The fourth-order valence-electron chi connectivity index (χ4n) is 1.22. The largest absolute Gasteiger partial charge is 0.477 e. The van der Waals surface area contributed by atoms with Crippen molar-refractivity contribution in [3.63, 3.8) is 0 Å². The average molecular weight is 251 g/mol. The Morgan fingerprint density at radius 2 is 2.11 bits per heavy atom. The van der Waals surface area contributed by atoms with E-state index in [9.17, 15) is 9.59 Å². The van der Waals surface area contributed by atoms with Gasteiger partial charge in [-0.15, -0.1) is 0 Å². The molecule has 6 heteroatoms. The minimum atomic E-state index is -1.06. The Morgan fingerprint density at radius 3 is 2.61 bits per heavy atom. The van der Waals surface area contributed by atoms with Crippen LogP contribution in [0, 0.1) is 0 Å². The number of rotatable bonds is 6. The van der Waals surface area contributed by atoms with Gasteiger partial charge in [0.2, 0.25) is 5.91 Å². The summed E-state index contributed by atoms with van der Waals surface area (Å²) in [6, 6.07) is 3.30. The molecule has 0 saturated carbocycles. The molecule has 1 amide bonds. The smallest absolute Gasteiger partial charge is 0.354 e. The summed E-state index contributed by atoms with van der Waals surface area (Å²) in [4.78, 5) is 25.8. The predicted molar refractivity (Wildman–Crippen MR) is 66.2 cm³/mol. The number of carboxylic acid groups (broad SMARTS) is 1. The molecule has 1 aromatic rings. The molecule has 0 atom stereocenters. The van der Waals surface area contributed by atoms with E-state index in [2.05, 4.69) is 15.6 Å². The highest BCUT2D eigenvalue weighted by molar-refractivity contribution is 5.85. The van der Waals surface area contributed by atoms with Gasteiger partial charge in [0.05, 0.1) is 6.54 Å². The lowest BCUT2D eigenvalue weighted by Crippen LogP contribution is -2.36. The number of nitrogens with one attached hydrogen (secondary N) is 2. The van der Waals surface area contributed by atoms with Crippen LogP contribution in [0.5, 0.6) is 0 Å². The Morgan fingerprint density at radius 1 is 1.39 bits per heavy atom. The third-order valence-electron chi connectivity index (χ3n) is 2.20. The third kappa shape index (κ3) is 4.92. The lowest BCUT2D eigenvalue weighted by atomic mass is 10.2. The SMILES string of the molecule is CC(C)NCC(=O)NCc1ccc(C(=O)O)nc1. The minimum Gasteiger partial charge on any atom is -0.477 e. The molecule has 18 heavy (non-hydrogen) atoms. The molecule has 0 aromatic carbocycles. The summed E-state index contributed by atoms with van der Waals surface area (Å²) in [7, 11) is 0. The van der Waals surface area contributed by atoms with E-state index in [1.165, 1.54) is 12.3 Å². The third-order valence-corrected chi connectivity index (χ3v) is 2.20. The molecule has 0 unspecified atom stereocenters. The first-order chi connectivity index (χ1) is 8.49. The molecule has 0 saturated heterocycles. The second-order valence-electron chi connectivity index (χ2n) is 4.17. The van der Waals surface area contributed by atoms with E-state index >= 15 is 0 Å². The Kier molecular flexibility index (Phi) is 5.26. The molecule has 0 aliphatic rings. The highest BCUT2D eigenvalue weighted by Crippen LogP contribution is 1.99. The van der Waals surface area contributed by atoms with Crippen LogP contribution in [-0.2, 0) is 11.3 Å². The van der Waals surface area contributed by atoms with Crippen LogP contribution in [0.2, 0.25) is 0 Å². The van der Waals surface area contributed by atoms with Crippen LogP contribution in [-0.4, -0.2) is 34.6 Å². The maximum atomic E-state index is 11.4. The monoisotopic (exact) mass is 251 g/mol. The number of hydrogen-bond donors (Lipinski definition) is 3. The number of carboxylic acids is 1. The summed E-state index contributed by atoms with van der Waals surface area (Å²) in [5.41, 5.74) is 0.754. The van der Waals surface area contributed by atoms with E-state index in [4.69, 9.17) is 5.11 Å². The molecule has 98 valence electrons. The number of amides is 1. The van der Waals surface area contributed by atoms with Gasteiger partial charge in [0.15, 0.2) is 0 Å². The lowest BCUT2D eigenvalue weighted by molar-refractivity contribution is -0.120. The van der Waals surface area contributed by atoms with Crippen molar-refractivity contribution < 1.29 is 14.7 Å². The van der Waals surface area contributed by atoms with Crippen molar-refractivity contribution in [1.82, 2.24) is 15.6 Å². The Balaban J connectivity index is 2.39. The van der Waals surface area contributed by atoms with Crippen molar-refractivity contribution in [1.29, 1.82) is 0 Å². The molecule has 6 nitrogen and oxygen atoms in total. The molecule has 3 N–H and O–H groups in total. The van der Waals surface area contributed by atoms with E-state index in [1.54, 1.807) is 6.07 Å². The van der Waals surface area contributed by atoms with Gasteiger partial charge in [-0.1, -0.05) is 19.9 Å². The van der Waals surface area contributed by atoms with Gasteiger partial charge in [0.1, 0.15) is 5.69 Å². The highest BCUT2D eigenvalue weighted by Gasteiger charge is 2.05. The molecule has 0 aliphatic heterocycles. The van der Waals surface area contributed by atoms with Gasteiger partial charge in [0, 0.05) is 18.8 Å². The number of hydrogen-bond acceptors (Lipinski definition) is 4. The van der Waals surface area contributed by atoms with E-state index < -0.39 is 5.97 Å². The summed E-state index contributed by atoms with van der Waals surface area (Å²) in [5.74, 6) is -1.17. The topological polar surface area (TPSA) is 91.3 Å². The number of pyridine rings is 1. The Hall–Kier alpha value is -1.95. The summed E-state index contributed by atoms with van der Waals surface area (Å²) < 4.78 is 0. The van der Waals surface area contributed by atoms with Gasteiger partial charge in [-0.3, -0.25) is 4.79 Å². The molecular formula is C12H17N3O3. The van der Waals surface area contributed by atoms with Gasteiger partial charge in [-0.2, -0.15) is 0 Å². The number of aromatic carboxylic acids is 1. The average Bonchev–Trinajstić information content (AvgIpc) is 2.34. The predicted octanol–water partition coefficient (Wildman–Crippen LogP) is 0.394. The zero-order valence-electron chi connectivity index (χ0n) is 10.4. The first kappa shape index (κ1) is 14.1. The molecular weight excluding hydrogens is 234 g/mol. The standard InChI is InChI=1S/C12H17N3O3/c1-8(2)13-7-11(16)15-6-9-3-4-10(12(17)18)14-5-9/h3-5,8,13H,6-7H2,1-2H3,(H,15,16)(H,17,18). The zero-order chi connectivity index (χ0) is 13.5. The van der Waals surface area contributed by atoms with Crippen molar-refractivity contribution in [2.24, 2.45) is 0 Å². The Bertz CT molecular complexity index is 415. The van der Waals surface area contributed by atoms with Crippen molar-refractivity contribution in [2.75, 3.05) is 6.54 Å². The molecule has 1 heterocycles. The van der Waals surface area contributed by atoms with E-state index in [1.807, 2.05) is 13.8 Å². The number of aromatic nitrogens is 1. The maximum absolute atomic E-state index is 11.4. The van der Waals surface area contributed by atoms with Crippen LogP contribution in [0.4, 0.5) is 0 Å². The normalized spacial score (nSPS) is 10.4. The Labute approximate surface area is 105 Å². The van der Waals surface area contributed by atoms with Crippen LogP contribution in [0.15, 0.2) is 18.3 Å². The van der Waals surface area contributed by atoms with Crippen LogP contribution in [0.1, 0.15) is 29.9 Å². The van der Waals surface area contributed by atoms with Crippen molar-refractivity contribution >= 4 is 11.9 Å². The minimum absolute atomic E-state index is 0.00782. The fraction of sp³-hybridized carbons (Fsp3) is 0.417. The maximum Gasteiger partial charge on any atom is 0.354 e. The first-order valence-electron chi connectivity index (χ1n) is 5.67.